The highest BCUT2D eigenvalue weighted by atomic mass is 19.1. The second kappa shape index (κ2) is 6.85. The van der Waals surface area contributed by atoms with E-state index in [9.17, 15) is 9.18 Å². The molecule has 2 aromatic rings. The van der Waals surface area contributed by atoms with Crippen molar-refractivity contribution in [3.05, 3.63) is 65.5 Å². The molecule has 0 heterocycles. The Labute approximate surface area is 122 Å². The summed E-state index contributed by atoms with van der Waals surface area (Å²) in [5, 5.41) is 2.95. The molecule has 2 rings (SSSR count). The fourth-order valence-corrected chi connectivity index (χ4v) is 2.09. The first-order chi connectivity index (χ1) is 10.1. The molecule has 0 spiro atoms. The van der Waals surface area contributed by atoms with E-state index in [1.807, 2.05) is 18.2 Å². The lowest BCUT2D eigenvalue weighted by molar-refractivity contribution is -0.118. The zero-order chi connectivity index (χ0) is 15.2. The fourth-order valence-electron chi connectivity index (χ4n) is 2.09. The molecule has 0 aliphatic rings. The van der Waals surface area contributed by atoms with Crippen molar-refractivity contribution in [1.29, 1.82) is 0 Å². The van der Waals surface area contributed by atoms with Gasteiger partial charge in [0, 0.05) is 12.8 Å². The molecule has 0 saturated carbocycles. The fraction of sp³-hybridized carbons (Fsp3) is 0.188. The Morgan fingerprint density at radius 3 is 2.71 bits per heavy atom. The van der Waals surface area contributed by atoms with Crippen molar-refractivity contribution >= 4 is 11.6 Å². The van der Waals surface area contributed by atoms with E-state index in [0.29, 0.717) is 17.9 Å². The van der Waals surface area contributed by atoms with Crippen LogP contribution in [0.3, 0.4) is 0 Å². The monoisotopic (exact) mass is 288 g/mol. The molecule has 4 nitrogen and oxygen atoms in total. The van der Waals surface area contributed by atoms with Crippen LogP contribution in [0.5, 0.6) is 0 Å². The first kappa shape index (κ1) is 15.0. The van der Waals surface area contributed by atoms with Crippen molar-refractivity contribution in [1.82, 2.24) is 0 Å². The van der Waals surface area contributed by atoms with Crippen molar-refractivity contribution < 1.29 is 13.9 Å². The molecule has 1 amide bonds. The van der Waals surface area contributed by atoms with Gasteiger partial charge in [0.1, 0.15) is 11.9 Å². The van der Waals surface area contributed by atoms with Gasteiger partial charge in [-0.2, -0.15) is 0 Å². The molecular weight excluding hydrogens is 271 g/mol. The van der Waals surface area contributed by atoms with E-state index in [0.717, 1.165) is 5.56 Å². The number of anilines is 1. The zero-order valence-electron chi connectivity index (χ0n) is 11.7. The van der Waals surface area contributed by atoms with Crippen LogP contribution < -0.4 is 11.1 Å². The summed E-state index contributed by atoms with van der Waals surface area (Å²) in [6.07, 6.45) is 0. The van der Waals surface area contributed by atoms with Gasteiger partial charge in [-0.1, -0.05) is 30.3 Å². The molecule has 0 aliphatic heterocycles. The number of amides is 1. The molecule has 0 fully saturated rings. The van der Waals surface area contributed by atoms with E-state index < -0.39 is 11.9 Å². The molecule has 0 aromatic heterocycles. The van der Waals surface area contributed by atoms with Crippen molar-refractivity contribution in [3.63, 3.8) is 0 Å². The molecule has 21 heavy (non-hydrogen) atoms. The van der Waals surface area contributed by atoms with Gasteiger partial charge in [0.15, 0.2) is 0 Å². The van der Waals surface area contributed by atoms with Crippen LogP contribution in [0.15, 0.2) is 48.5 Å². The van der Waals surface area contributed by atoms with Crippen molar-refractivity contribution in [3.8, 4) is 0 Å². The van der Waals surface area contributed by atoms with Crippen LogP contribution in [-0.2, 0) is 16.1 Å². The van der Waals surface area contributed by atoms with Gasteiger partial charge in [0.25, 0.3) is 0 Å². The van der Waals surface area contributed by atoms with Gasteiger partial charge in [-0.05, 0) is 29.3 Å². The maximum Gasteiger partial charge on any atom is 0.244 e. The molecule has 0 bridgehead atoms. The summed E-state index contributed by atoms with van der Waals surface area (Å²) < 4.78 is 18.3. The van der Waals surface area contributed by atoms with Crippen molar-refractivity contribution in [2.24, 2.45) is 5.73 Å². The Bertz CT molecular complexity index is 631. The van der Waals surface area contributed by atoms with Crippen LogP contribution in [0.1, 0.15) is 17.2 Å². The van der Waals surface area contributed by atoms with Crippen molar-refractivity contribution in [2.75, 3.05) is 12.4 Å². The third kappa shape index (κ3) is 4.03. The number of ether oxygens (including phenoxy) is 1. The predicted octanol–water partition coefficient (Wildman–Crippen LogP) is 2.61. The molecule has 3 N–H and O–H groups in total. The van der Waals surface area contributed by atoms with Crippen LogP contribution in [0.2, 0.25) is 0 Å². The van der Waals surface area contributed by atoms with Crippen LogP contribution >= 0.6 is 0 Å². The van der Waals surface area contributed by atoms with E-state index in [4.69, 9.17) is 10.5 Å². The summed E-state index contributed by atoms with van der Waals surface area (Å²) in [6.45, 7) is 0.444. The molecule has 0 saturated heterocycles. The number of carbonyl (C=O) groups is 1. The molecule has 1 atom stereocenters. The Hall–Kier alpha value is -2.40. The lowest BCUT2D eigenvalue weighted by Gasteiger charge is -2.18. The normalized spacial score (nSPS) is 11.9. The summed E-state index contributed by atoms with van der Waals surface area (Å²) in [5.74, 6) is -0.912. The number of nitrogens with two attached hydrogens (primary N) is 1. The van der Waals surface area contributed by atoms with Crippen LogP contribution in [0.4, 0.5) is 10.1 Å². The maximum atomic E-state index is 13.2. The molecular formula is C16H17FN2O2. The Balaban J connectivity index is 2.26. The summed E-state index contributed by atoms with van der Waals surface area (Å²) in [6, 6.07) is 12.5. The molecule has 0 radical (unpaired) electrons. The maximum absolute atomic E-state index is 13.2. The second-order valence-corrected chi connectivity index (χ2v) is 4.67. The largest absolute Gasteiger partial charge is 0.380 e. The predicted molar refractivity (Wildman–Crippen MR) is 79.1 cm³/mol. The van der Waals surface area contributed by atoms with Gasteiger partial charge < -0.3 is 15.8 Å². The third-order valence-electron chi connectivity index (χ3n) is 3.02. The van der Waals surface area contributed by atoms with Gasteiger partial charge in [-0.15, -0.1) is 0 Å². The molecule has 110 valence electrons. The first-order valence-electron chi connectivity index (χ1n) is 6.49. The summed E-state index contributed by atoms with van der Waals surface area (Å²) in [4.78, 5) is 11.7. The highest BCUT2D eigenvalue weighted by Crippen LogP contribution is 2.21. The van der Waals surface area contributed by atoms with Gasteiger partial charge in [-0.25, -0.2) is 4.39 Å². The van der Waals surface area contributed by atoms with E-state index in [1.54, 1.807) is 25.3 Å². The van der Waals surface area contributed by atoms with E-state index >= 15 is 0 Å². The van der Waals surface area contributed by atoms with Gasteiger partial charge in [0.05, 0.1) is 6.61 Å². The SMILES string of the molecule is COCc1cccc(C(Nc2cccc(F)c2)C(N)=O)c1. The van der Waals surface area contributed by atoms with Crippen LogP contribution in [-0.4, -0.2) is 13.0 Å². The van der Waals surface area contributed by atoms with E-state index in [1.165, 1.54) is 12.1 Å². The first-order valence-corrected chi connectivity index (χ1v) is 6.49. The van der Waals surface area contributed by atoms with Crippen LogP contribution in [0, 0.1) is 5.82 Å². The van der Waals surface area contributed by atoms with Crippen molar-refractivity contribution in [2.45, 2.75) is 12.6 Å². The number of primary amides is 1. The minimum absolute atomic E-state index is 0.378. The summed E-state index contributed by atoms with van der Waals surface area (Å²) in [7, 11) is 1.60. The number of nitrogens with one attached hydrogen (secondary N) is 1. The van der Waals surface area contributed by atoms with Gasteiger partial charge >= 0.3 is 0 Å². The standard InChI is InChI=1S/C16H17FN2O2/c1-21-10-11-4-2-5-12(8-11)15(16(18)20)19-14-7-3-6-13(17)9-14/h2-9,15,19H,10H2,1H3,(H2,18,20). The lowest BCUT2D eigenvalue weighted by atomic mass is 10.0. The highest BCUT2D eigenvalue weighted by Gasteiger charge is 2.18. The zero-order valence-corrected chi connectivity index (χ0v) is 11.7. The smallest absolute Gasteiger partial charge is 0.244 e. The van der Waals surface area contributed by atoms with Gasteiger partial charge in [0.2, 0.25) is 5.91 Å². The number of carbonyl (C=O) groups excluding carboxylic acids is 1. The number of hydrogen-bond acceptors (Lipinski definition) is 3. The lowest BCUT2D eigenvalue weighted by Crippen LogP contribution is -2.27. The molecule has 1 unspecified atom stereocenters. The van der Waals surface area contributed by atoms with E-state index in [2.05, 4.69) is 5.32 Å². The Morgan fingerprint density at radius 1 is 1.29 bits per heavy atom. The number of halogens is 1. The summed E-state index contributed by atoms with van der Waals surface area (Å²) >= 11 is 0. The minimum atomic E-state index is -0.733. The number of hydrogen-bond donors (Lipinski definition) is 2. The topological polar surface area (TPSA) is 64.3 Å². The van der Waals surface area contributed by atoms with E-state index in [-0.39, 0.29) is 5.82 Å². The van der Waals surface area contributed by atoms with Gasteiger partial charge in [-0.3, -0.25) is 4.79 Å². The molecule has 2 aromatic carbocycles. The molecule has 0 aliphatic carbocycles. The highest BCUT2D eigenvalue weighted by molar-refractivity contribution is 5.84. The minimum Gasteiger partial charge on any atom is -0.380 e. The second-order valence-electron chi connectivity index (χ2n) is 4.67. The average molecular weight is 288 g/mol. The number of benzene rings is 2. The number of methoxy groups -OCH3 is 1. The summed E-state index contributed by atoms with van der Waals surface area (Å²) in [5.41, 5.74) is 7.59. The Morgan fingerprint density at radius 2 is 2.05 bits per heavy atom. The Kier molecular flexibility index (Phi) is 4.90. The average Bonchev–Trinajstić information content (AvgIpc) is 2.45. The quantitative estimate of drug-likeness (QED) is 0.858. The third-order valence-corrected chi connectivity index (χ3v) is 3.02. The molecule has 5 heteroatoms. The van der Waals surface area contributed by atoms with Crippen LogP contribution in [0.25, 0.3) is 0 Å². The number of rotatable bonds is 6.